The van der Waals surface area contributed by atoms with Crippen molar-refractivity contribution in [3.63, 3.8) is 0 Å². The Labute approximate surface area is 91.3 Å². The average Bonchev–Trinajstić information content (AvgIpc) is 2.06. The minimum Gasteiger partial charge on any atom is -0.833 e. The maximum Gasteiger partial charge on any atom is 1.00 e. The maximum atomic E-state index is 10.2. The molecule has 0 N–H and O–H groups in total. The summed E-state index contributed by atoms with van der Waals surface area (Å²) < 4.78 is 0. The molecule has 0 bridgehead atoms. The summed E-state index contributed by atoms with van der Waals surface area (Å²) in [4.78, 5) is 0. The normalized spacial score (nSPS) is 9.38. The molecule has 0 heterocycles. The molecule has 0 fully saturated rings. The third kappa shape index (κ3) is 3.19. The fourth-order valence-corrected chi connectivity index (χ4v) is 1.05. The molecule has 0 saturated heterocycles. The molecule has 0 amide bonds. The molecular weight excluding hydrogens is 155 g/mol. The average molecular weight is 166 g/mol. The second-order valence-electron chi connectivity index (χ2n) is 3.22. The van der Waals surface area contributed by atoms with E-state index >= 15 is 0 Å². The zero-order chi connectivity index (χ0) is 9.03. The van der Waals surface area contributed by atoms with E-state index in [4.69, 9.17) is 0 Å². The second kappa shape index (κ2) is 5.03. The van der Waals surface area contributed by atoms with Crippen LogP contribution in [0, 0.1) is 12.0 Å². The molecule has 0 saturated carbocycles. The zero-order valence-electron chi connectivity index (χ0n) is 8.29. The van der Waals surface area contributed by atoms with Gasteiger partial charge < -0.3 is 5.11 Å². The fraction of sp³-hybridized carbons (Fsp3) is 0.273. The van der Waals surface area contributed by atoms with Crippen LogP contribution in [-0.4, -0.2) is 0 Å². The van der Waals surface area contributed by atoms with Gasteiger partial charge in [0.05, 0.1) is 0 Å². The summed E-state index contributed by atoms with van der Waals surface area (Å²) in [5.74, 6) is 2.63. The van der Waals surface area contributed by atoms with Crippen molar-refractivity contribution in [2.45, 2.75) is 19.3 Å². The summed E-state index contributed by atoms with van der Waals surface area (Å²) in [5, 5.41) is 10.2. The first-order valence-corrected chi connectivity index (χ1v) is 3.86. The Bertz CT molecular complexity index is 306. The van der Waals surface area contributed by atoms with Gasteiger partial charge in [0.1, 0.15) is 0 Å². The van der Waals surface area contributed by atoms with Crippen LogP contribution >= 0.6 is 0 Å². The first kappa shape index (κ1) is 12.2. The van der Waals surface area contributed by atoms with Crippen molar-refractivity contribution in [1.29, 1.82) is 0 Å². The minimum atomic E-state index is -0.330. The fourth-order valence-electron chi connectivity index (χ4n) is 1.05. The first-order valence-electron chi connectivity index (χ1n) is 3.86. The summed E-state index contributed by atoms with van der Waals surface area (Å²) in [6.45, 7) is 3.88. The Balaban J connectivity index is 0.00000144. The van der Waals surface area contributed by atoms with Gasteiger partial charge in [0.15, 0.2) is 0 Å². The van der Waals surface area contributed by atoms with Gasteiger partial charge in [0.2, 0.25) is 0 Å². The summed E-state index contributed by atoms with van der Waals surface area (Å²) >= 11 is 0. The summed E-state index contributed by atoms with van der Waals surface area (Å²) in [5.41, 5.74) is 0.747. The predicted octanol–water partition coefficient (Wildman–Crippen LogP) is -1.71. The first-order chi connectivity index (χ1) is 5.67. The molecule has 0 aliphatic carbocycles. The standard InChI is InChI=1S/C11H12O.Li/c1-11(2,8-9-12)10-6-4-3-5-7-10;/h3-7,12H,1-2H3;/q;+1/p-1. The largest absolute Gasteiger partial charge is 1.00 e. The molecule has 0 radical (unpaired) electrons. The van der Waals surface area contributed by atoms with Crippen molar-refractivity contribution in [1.82, 2.24) is 0 Å². The molecule has 13 heavy (non-hydrogen) atoms. The third-order valence-corrected chi connectivity index (χ3v) is 1.86. The van der Waals surface area contributed by atoms with Crippen molar-refractivity contribution < 1.29 is 24.0 Å². The predicted molar refractivity (Wildman–Crippen MR) is 47.2 cm³/mol. The van der Waals surface area contributed by atoms with Crippen molar-refractivity contribution in [3.8, 4) is 12.0 Å². The number of rotatable bonds is 1. The van der Waals surface area contributed by atoms with Crippen molar-refractivity contribution in [2.24, 2.45) is 0 Å². The zero-order valence-corrected chi connectivity index (χ0v) is 8.29. The quantitative estimate of drug-likeness (QED) is 0.360. The van der Waals surface area contributed by atoms with Gasteiger partial charge in [-0.2, -0.15) is 6.11 Å². The van der Waals surface area contributed by atoms with E-state index in [1.807, 2.05) is 44.2 Å². The Kier molecular flexibility index (Phi) is 4.71. The van der Waals surface area contributed by atoms with E-state index in [2.05, 4.69) is 5.92 Å². The van der Waals surface area contributed by atoms with Crippen LogP contribution in [0.4, 0.5) is 0 Å². The Morgan fingerprint density at radius 1 is 1.15 bits per heavy atom. The van der Waals surface area contributed by atoms with Crippen LogP contribution in [0.3, 0.4) is 0 Å². The van der Waals surface area contributed by atoms with Gasteiger partial charge in [0, 0.05) is 5.41 Å². The topological polar surface area (TPSA) is 23.1 Å². The van der Waals surface area contributed by atoms with Gasteiger partial charge >= 0.3 is 18.9 Å². The molecule has 0 unspecified atom stereocenters. The van der Waals surface area contributed by atoms with Gasteiger partial charge in [-0.25, -0.2) is 0 Å². The summed E-state index contributed by atoms with van der Waals surface area (Å²) in [6.07, 6.45) is 1.71. The third-order valence-electron chi connectivity index (χ3n) is 1.86. The van der Waals surface area contributed by atoms with Gasteiger partial charge in [0.25, 0.3) is 0 Å². The van der Waals surface area contributed by atoms with Crippen LogP contribution < -0.4 is 24.0 Å². The van der Waals surface area contributed by atoms with Crippen molar-refractivity contribution in [2.75, 3.05) is 0 Å². The van der Waals surface area contributed by atoms with Crippen LogP contribution in [0.25, 0.3) is 0 Å². The van der Waals surface area contributed by atoms with Crippen LogP contribution in [-0.2, 0) is 5.41 Å². The smallest absolute Gasteiger partial charge is 0.833 e. The Morgan fingerprint density at radius 2 is 1.69 bits per heavy atom. The molecule has 62 valence electrons. The van der Waals surface area contributed by atoms with Gasteiger partial charge in [-0.05, 0) is 19.4 Å². The maximum absolute atomic E-state index is 10.2. The molecule has 0 atom stereocenters. The van der Waals surface area contributed by atoms with Crippen LogP contribution in [0.2, 0.25) is 0 Å². The van der Waals surface area contributed by atoms with E-state index < -0.39 is 0 Å². The van der Waals surface area contributed by atoms with Gasteiger partial charge in [-0.1, -0.05) is 30.3 Å². The molecule has 1 nitrogen and oxygen atoms in total. The monoisotopic (exact) mass is 166 g/mol. The SMILES string of the molecule is CC(C)(C#C[O-])c1ccccc1.[Li+]. The molecule has 0 aliphatic rings. The number of hydrogen-bond donors (Lipinski definition) is 0. The molecule has 1 aromatic rings. The summed E-state index contributed by atoms with van der Waals surface area (Å²) in [6, 6.07) is 9.80. The molecule has 0 aromatic heterocycles. The molecule has 2 heteroatoms. The van der Waals surface area contributed by atoms with E-state index in [0.717, 1.165) is 5.56 Å². The van der Waals surface area contributed by atoms with E-state index in [1.165, 1.54) is 0 Å². The Hall–Kier alpha value is -0.823. The molecule has 0 spiro atoms. The minimum absolute atomic E-state index is 0. The van der Waals surface area contributed by atoms with Crippen LogP contribution in [0.1, 0.15) is 19.4 Å². The van der Waals surface area contributed by atoms with Crippen LogP contribution in [0.5, 0.6) is 0 Å². The van der Waals surface area contributed by atoms with E-state index in [-0.39, 0.29) is 24.3 Å². The van der Waals surface area contributed by atoms with E-state index in [0.29, 0.717) is 0 Å². The molecule has 1 aromatic carbocycles. The van der Waals surface area contributed by atoms with E-state index in [1.54, 1.807) is 6.11 Å². The second-order valence-corrected chi connectivity index (χ2v) is 3.22. The van der Waals surface area contributed by atoms with Gasteiger partial charge in [-0.3, -0.25) is 0 Å². The molecular formula is C11H11LiO. The number of hydrogen-bond acceptors (Lipinski definition) is 1. The van der Waals surface area contributed by atoms with Crippen molar-refractivity contribution >= 4 is 0 Å². The van der Waals surface area contributed by atoms with E-state index in [9.17, 15) is 5.11 Å². The van der Waals surface area contributed by atoms with Crippen LogP contribution in [0.15, 0.2) is 30.3 Å². The molecule has 1 rings (SSSR count). The number of benzene rings is 1. The van der Waals surface area contributed by atoms with Crippen molar-refractivity contribution in [3.05, 3.63) is 35.9 Å². The summed E-state index contributed by atoms with van der Waals surface area (Å²) in [7, 11) is 0. The molecule has 0 aliphatic heterocycles. The van der Waals surface area contributed by atoms with Gasteiger partial charge in [-0.15, -0.1) is 5.92 Å². The Morgan fingerprint density at radius 3 is 2.15 bits per heavy atom.